The Balaban J connectivity index is 1.62. The van der Waals surface area contributed by atoms with E-state index in [2.05, 4.69) is 15.4 Å². The van der Waals surface area contributed by atoms with Crippen LogP contribution >= 0.6 is 11.6 Å². The van der Waals surface area contributed by atoms with Crippen molar-refractivity contribution in [2.75, 3.05) is 38.7 Å². The van der Waals surface area contributed by atoms with Gasteiger partial charge in [-0.25, -0.2) is 0 Å². The molecule has 1 aromatic heterocycles. The fraction of sp³-hybridized carbons (Fsp3) is 0.375. The molecule has 1 amide bonds. The lowest BCUT2D eigenvalue weighted by atomic mass is 10.2. The molecule has 2 aromatic rings. The minimum absolute atomic E-state index is 0.227. The van der Waals surface area contributed by atoms with Crippen LogP contribution in [0.2, 0.25) is 5.02 Å². The summed E-state index contributed by atoms with van der Waals surface area (Å²) in [4.78, 5) is 14.4. The summed E-state index contributed by atoms with van der Waals surface area (Å²) in [5.41, 5.74) is 0.786. The van der Waals surface area contributed by atoms with Crippen LogP contribution in [-0.2, 0) is 11.3 Å². The number of morpholine rings is 1. The maximum absolute atomic E-state index is 12.2. The molecule has 1 aliphatic heterocycles. The first-order valence-electron chi connectivity index (χ1n) is 7.56. The number of carbonyl (C=O) groups is 1. The second-order valence-corrected chi connectivity index (χ2v) is 5.78. The summed E-state index contributed by atoms with van der Waals surface area (Å²) >= 11 is 6.05. The van der Waals surface area contributed by atoms with Crippen molar-refractivity contribution >= 4 is 23.2 Å². The molecule has 1 aliphatic rings. The van der Waals surface area contributed by atoms with E-state index in [1.807, 2.05) is 0 Å². The number of rotatable bonds is 5. The average Bonchev–Trinajstić information content (AvgIpc) is 3.04. The van der Waals surface area contributed by atoms with Gasteiger partial charge in [0.05, 0.1) is 31.9 Å². The number of ether oxygens (including phenoxy) is 2. The predicted octanol–water partition coefficient (Wildman–Crippen LogP) is 2.42. The van der Waals surface area contributed by atoms with Crippen molar-refractivity contribution < 1.29 is 18.8 Å². The van der Waals surface area contributed by atoms with Crippen LogP contribution in [0.1, 0.15) is 16.2 Å². The highest BCUT2D eigenvalue weighted by atomic mass is 35.5. The lowest BCUT2D eigenvalue weighted by Gasteiger charge is -2.25. The zero-order valence-corrected chi connectivity index (χ0v) is 14.0. The summed E-state index contributed by atoms with van der Waals surface area (Å²) in [6.45, 7) is 3.70. The number of hydrogen-bond acceptors (Lipinski definition) is 6. The molecule has 0 atom stereocenters. The highest BCUT2D eigenvalue weighted by Crippen LogP contribution is 2.27. The summed E-state index contributed by atoms with van der Waals surface area (Å²) in [5, 5.41) is 6.98. The van der Waals surface area contributed by atoms with E-state index in [9.17, 15) is 4.79 Å². The monoisotopic (exact) mass is 351 g/mol. The Morgan fingerprint density at radius 2 is 2.17 bits per heavy atom. The molecular formula is C16H18ClN3O4. The number of amides is 1. The minimum Gasteiger partial charge on any atom is -0.495 e. The third-order valence-electron chi connectivity index (χ3n) is 3.68. The van der Waals surface area contributed by atoms with Crippen molar-refractivity contribution in [1.29, 1.82) is 0 Å². The van der Waals surface area contributed by atoms with Gasteiger partial charge in [-0.3, -0.25) is 9.69 Å². The second-order valence-electron chi connectivity index (χ2n) is 5.37. The van der Waals surface area contributed by atoms with Gasteiger partial charge in [0.25, 0.3) is 5.91 Å². The van der Waals surface area contributed by atoms with E-state index in [4.69, 9.17) is 25.6 Å². The van der Waals surface area contributed by atoms with Gasteiger partial charge in [0, 0.05) is 24.8 Å². The van der Waals surface area contributed by atoms with Crippen molar-refractivity contribution in [3.63, 3.8) is 0 Å². The maximum Gasteiger partial charge on any atom is 0.277 e. The van der Waals surface area contributed by atoms with Gasteiger partial charge in [0.1, 0.15) is 5.75 Å². The van der Waals surface area contributed by atoms with E-state index < -0.39 is 0 Å². The summed E-state index contributed by atoms with van der Waals surface area (Å²) in [5.74, 6) is 0.840. The standard InChI is InChI=1S/C16H18ClN3O4/c1-22-15-3-2-11(8-13(15)17)18-16(21)14-9-12(24-19-14)10-20-4-6-23-7-5-20/h2-3,8-9H,4-7,10H2,1H3,(H,18,21). The Labute approximate surface area is 144 Å². The van der Waals surface area contributed by atoms with Gasteiger partial charge in [-0.1, -0.05) is 16.8 Å². The Hall–Kier alpha value is -2.09. The molecule has 1 fully saturated rings. The molecule has 1 aromatic carbocycles. The SMILES string of the molecule is COc1ccc(NC(=O)c2cc(CN3CCOCC3)on2)cc1Cl. The Morgan fingerprint density at radius 1 is 1.38 bits per heavy atom. The van der Waals surface area contributed by atoms with E-state index in [0.717, 1.165) is 13.1 Å². The van der Waals surface area contributed by atoms with Gasteiger partial charge in [-0.2, -0.15) is 0 Å². The molecule has 0 unspecified atom stereocenters. The third-order valence-corrected chi connectivity index (χ3v) is 3.98. The molecule has 0 saturated carbocycles. The molecule has 1 saturated heterocycles. The number of nitrogens with one attached hydrogen (secondary N) is 1. The van der Waals surface area contributed by atoms with E-state index in [0.29, 0.717) is 42.0 Å². The maximum atomic E-state index is 12.2. The van der Waals surface area contributed by atoms with Crippen LogP contribution in [0.5, 0.6) is 5.75 Å². The van der Waals surface area contributed by atoms with Gasteiger partial charge in [-0.05, 0) is 18.2 Å². The summed E-state index contributed by atoms with van der Waals surface area (Å²) < 4.78 is 15.6. The molecule has 7 nitrogen and oxygen atoms in total. The number of benzene rings is 1. The lowest BCUT2D eigenvalue weighted by molar-refractivity contribution is 0.0305. The van der Waals surface area contributed by atoms with Crippen molar-refractivity contribution in [1.82, 2.24) is 10.1 Å². The highest BCUT2D eigenvalue weighted by molar-refractivity contribution is 6.32. The molecular weight excluding hydrogens is 334 g/mol. The number of hydrogen-bond donors (Lipinski definition) is 1. The first-order valence-corrected chi connectivity index (χ1v) is 7.94. The first kappa shape index (κ1) is 16.8. The second kappa shape index (κ2) is 7.65. The molecule has 0 bridgehead atoms. The largest absolute Gasteiger partial charge is 0.495 e. The van der Waals surface area contributed by atoms with Crippen LogP contribution in [0.15, 0.2) is 28.8 Å². The Morgan fingerprint density at radius 3 is 2.88 bits per heavy atom. The first-order chi connectivity index (χ1) is 11.7. The smallest absolute Gasteiger partial charge is 0.277 e. The number of methoxy groups -OCH3 is 1. The summed E-state index contributed by atoms with van der Waals surface area (Å²) in [6.07, 6.45) is 0. The zero-order valence-electron chi connectivity index (χ0n) is 13.3. The van der Waals surface area contributed by atoms with Crippen LogP contribution in [0.4, 0.5) is 5.69 Å². The Bertz CT molecular complexity index is 713. The number of carbonyl (C=O) groups excluding carboxylic acids is 1. The molecule has 0 radical (unpaired) electrons. The van der Waals surface area contributed by atoms with Crippen LogP contribution in [0.25, 0.3) is 0 Å². The lowest BCUT2D eigenvalue weighted by Crippen LogP contribution is -2.35. The molecule has 2 heterocycles. The molecule has 128 valence electrons. The zero-order chi connectivity index (χ0) is 16.9. The van der Waals surface area contributed by atoms with E-state index in [-0.39, 0.29) is 11.6 Å². The minimum atomic E-state index is -0.354. The van der Waals surface area contributed by atoms with Gasteiger partial charge in [-0.15, -0.1) is 0 Å². The Kier molecular flexibility index (Phi) is 5.34. The average molecular weight is 352 g/mol. The fourth-order valence-electron chi connectivity index (χ4n) is 2.41. The van der Waals surface area contributed by atoms with Crippen molar-refractivity contribution in [2.24, 2.45) is 0 Å². The normalized spacial score (nSPS) is 15.2. The van der Waals surface area contributed by atoms with Crippen molar-refractivity contribution in [2.45, 2.75) is 6.54 Å². The van der Waals surface area contributed by atoms with E-state index in [1.165, 1.54) is 7.11 Å². The molecule has 24 heavy (non-hydrogen) atoms. The van der Waals surface area contributed by atoms with Gasteiger partial charge in [0.15, 0.2) is 11.5 Å². The molecule has 0 spiro atoms. The van der Waals surface area contributed by atoms with Gasteiger partial charge in [0.2, 0.25) is 0 Å². The topological polar surface area (TPSA) is 76.8 Å². The molecule has 1 N–H and O–H groups in total. The summed E-state index contributed by atoms with van der Waals surface area (Å²) in [7, 11) is 1.53. The molecule has 8 heteroatoms. The van der Waals surface area contributed by atoms with Gasteiger partial charge >= 0.3 is 0 Å². The number of halogens is 1. The molecule has 0 aliphatic carbocycles. The highest BCUT2D eigenvalue weighted by Gasteiger charge is 2.17. The third kappa shape index (κ3) is 4.05. The van der Waals surface area contributed by atoms with E-state index in [1.54, 1.807) is 24.3 Å². The van der Waals surface area contributed by atoms with Crippen LogP contribution < -0.4 is 10.1 Å². The van der Waals surface area contributed by atoms with Crippen LogP contribution in [-0.4, -0.2) is 49.4 Å². The number of anilines is 1. The summed E-state index contributed by atoms with van der Waals surface area (Å²) in [6, 6.07) is 6.66. The fourth-order valence-corrected chi connectivity index (χ4v) is 2.67. The van der Waals surface area contributed by atoms with Crippen molar-refractivity contribution in [3.8, 4) is 5.75 Å². The van der Waals surface area contributed by atoms with E-state index >= 15 is 0 Å². The number of aromatic nitrogens is 1. The molecule has 3 rings (SSSR count). The number of nitrogens with zero attached hydrogens (tertiary/aromatic N) is 2. The quantitative estimate of drug-likeness (QED) is 0.891. The van der Waals surface area contributed by atoms with Crippen LogP contribution in [0.3, 0.4) is 0 Å². The van der Waals surface area contributed by atoms with Crippen LogP contribution in [0, 0.1) is 0 Å². The van der Waals surface area contributed by atoms with Gasteiger partial charge < -0.3 is 19.3 Å². The van der Waals surface area contributed by atoms with Crippen molar-refractivity contribution in [3.05, 3.63) is 40.7 Å². The predicted molar refractivity (Wildman–Crippen MR) is 88.6 cm³/mol.